The number of aromatic nitrogens is 1. The largest absolute Gasteiger partial charge is 0.444 e. The Bertz CT molecular complexity index is 535. The maximum atomic E-state index is 11.7. The Morgan fingerprint density at radius 3 is 3.05 bits per heavy atom. The summed E-state index contributed by atoms with van der Waals surface area (Å²) < 4.78 is 5.20. The third kappa shape index (κ3) is 3.93. The van der Waals surface area contributed by atoms with Gasteiger partial charge in [0.15, 0.2) is 12.2 Å². The van der Waals surface area contributed by atoms with Crippen LogP contribution in [0.2, 0.25) is 0 Å². The van der Waals surface area contributed by atoms with Gasteiger partial charge >= 0.3 is 0 Å². The molecule has 0 aliphatic carbocycles. The predicted molar refractivity (Wildman–Crippen MR) is 71.5 cm³/mol. The molecule has 0 bridgehead atoms. The lowest BCUT2D eigenvalue weighted by atomic mass is 10.1. The zero-order valence-electron chi connectivity index (χ0n) is 10.7. The first-order valence-electron chi connectivity index (χ1n) is 6.12. The molecule has 1 unspecified atom stereocenters. The smallest absolute Gasteiger partial charge is 0.224 e. The lowest BCUT2D eigenvalue weighted by Crippen LogP contribution is -2.13. The molecule has 0 aliphatic heterocycles. The van der Waals surface area contributed by atoms with Crippen LogP contribution < -0.4 is 5.32 Å². The van der Waals surface area contributed by atoms with Crippen LogP contribution in [0.1, 0.15) is 19.8 Å². The highest BCUT2D eigenvalue weighted by Gasteiger charge is 2.07. The highest BCUT2D eigenvalue weighted by Crippen LogP contribution is 2.22. The summed E-state index contributed by atoms with van der Waals surface area (Å²) in [6.07, 6.45) is 3.27. The fraction of sp³-hybridized carbons (Fsp3) is 0.286. The van der Waals surface area contributed by atoms with Crippen LogP contribution >= 0.6 is 0 Å². The number of carbonyl (C=O) groups is 1. The number of hydrogen-bond donors (Lipinski definition) is 2. The third-order valence-electron chi connectivity index (χ3n) is 2.65. The Labute approximate surface area is 111 Å². The first-order valence-corrected chi connectivity index (χ1v) is 6.12. The molecule has 2 aromatic rings. The van der Waals surface area contributed by atoms with Gasteiger partial charge in [0.25, 0.3) is 0 Å². The van der Waals surface area contributed by atoms with Gasteiger partial charge in [0, 0.05) is 17.7 Å². The van der Waals surface area contributed by atoms with E-state index in [1.807, 2.05) is 18.2 Å². The van der Waals surface area contributed by atoms with E-state index in [1.165, 1.54) is 6.39 Å². The number of amides is 1. The van der Waals surface area contributed by atoms with Crippen molar-refractivity contribution in [1.82, 2.24) is 4.98 Å². The normalized spacial score (nSPS) is 12.1. The van der Waals surface area contributed by atoms with Crippen molar-refractivity contribution in [2.24, 2.45) is 0 Å². The minimum absolute atomic E-state index is 0.115. The summed E-state index contributed by atoms with van der Waals surface area (Å²) in [7, 11) is 0. The van der Waals surface area contributed by atoms with Crippen molar-refractivity contribution in [2.75, 3.05) is 5.32 Å². The molecule has 0 saturated heterocycles. The van der Waals surface area contributed by atoms with Crippen LogP contribution in [0.5, 0.6) is 0 Å². The molecule has 0 radical (unpaired) electrons. The summed E-state index contributed by atoms with van der Waals surface area (Å²) in [5, 5.41) is 11.9. The molecule has 2 rings (SSSR count). The van der Waals surface area contributed by atoms with E-state index in [1.54, 1.807) is 19.2 Å². The molecule has 1 heterocycles. The minimum Gasteiger partial charge on any atom is -0.444 e. The van der Waals surface area contributed by atoms with Crippen molar-refractivity contribution < 1.29 is 14.3 Å². The first kappa shape index (κ1) is 13.3. The molecule has 1 amide bonds. The van der Waals surface area contributed by atoms with E-state index in [4.69, 9.17) is 9.52 Å². The fourth-order valence-corrected chi connectivity index (χ4v) is 1.67. The van der Waals surface area contributed by atoms with Crippen molar-refractivity contribution in [3.05, 3.63) is 36.9 Å². The van der Waals surface area contributed by atoms with Gasteiger partial charge in [0.05, 0.1) is 12.3 Å². The Balaban J connectivity index is 2.01. The number of nitrogens with zero attached hydrogens (tertiary/aromatic N) is 1. The van der Waals surface area contributed by atoms with Crippen LogP contribution in [0.15, 0.2) is 41.3 Å². The number of oxazole rings is 1. The Hall–Kier alpha value is -2.14. The average molecular weight is 260 g/mol. The van der Waals surface area contributed by atoms with Gasteiger partial charge in [-0.15, -0.1) is 0 Å². The number of hydrogen-bond acceptors (Lipinski definition) is 4. The summed E-state index contributed by atoms with van der Waals surface area (Å²) in [6.45, 7) is 1.66. The van der Waals surface area contributed by atoms with E-state index >= 15 is 0 Å². The number of nitrogens with one attached hydrogen (secondary N) is 1. The van der Waals surface area contributed by atoms with Gasteiger partial charge in [-0.2, -0.15) is 0 Å². The van der Waals surface area contributed by atoms with Gasteiger partial charge in [-0.05, 0) is 25.5 Å². The van der Waals surface area contributed by atoms with Crippen molar-refractivity contribution in [3.63, 3.8) is 0 Å². The predicted octanol–water partition coefficient (Wildman–Crippen LogP) is 2.44. The monoisotopic (exact) mass is 260 g/mol. The van der Waals surface area contributed by atoms with Crippen LogP contribution in [-0.2, 0) is 4.79 Å². The van der Waals surface area contributed by atoms with Gasteiger partial charge in [0.1, 0.15) is 0 Å². The van der Waals surface area contributed by atoms with Gasteiger partial charge in [-0.25, -0.2) is 4.98 Å². The minimum atomic E-state index is -0.466. The number of aliphatic hydroxyl groups excluding tert-OH is 1. The van der Waals surface area contributed by atoms with Crippen molar-refractivity contribution in [3.8, 4) is 11.3 Å². The molecule has 0 aliphatic rings. The Morgan fingerprint density at radius 2 is 2.37 bits per heavy atom. The maximum Gasteiger partial charge on any atom is 0.224 e. The SMILES string of the molecule is CC(O)CCC(=O)Nc1cccc(-c2cnco2)c1. The van der Waals surface area contributed by atoms with E-state index in [2.05, 4.69) is 10.3 Å². The molecule has 1 aromatic carbocycles. The number of rotatable bonds is 5. The zero-order valence-corrected chi connectivity index (χ0v) is 10.7. The third-order valence-corrected chi connectivity index (χ3v) is 2.65. The molecule has 100 valence electrons. The van der Waals surface area contributed by atoms with Crippen LogP contribution in [0.25, 0.3) is 11.3 Å². The van der Waals surface area contributed by atoms with Crippen LogP contribution in [0.4, 0.5) is 5.69 Å². The molecule has 0 spiro atoms. The molecular formula is C14H16N2O3. The molecular weight excluding hydrogens is 244 g/mol. The fourth-order valence-electron chi connectivity index (χ4n) is 1.67. The first-order chi connectivity index (χ1) is 9.15. The number of aliphatic hydroxyl groups is 1. The number of benzene rings is 1. The second-order valence-electron chi connectivity index (χ2n) is 4.38. The lowest BCUT2D eigenvalue weighted by molar-refractivity contribution is -0.116. The molecule has 5 heteroatoms. The van der Waals surface area contributed by atoms with Crippen LogP contribution in [-0.4, -0.2) is 22.1 Å². The number of anilines is 1. The summed E-state index contributed by atoms with van der Waals surface area (Å²) in [6, 6.07) is 7.34. The van der Waals surface area contributed by atoms with Crippen LogP contribution in [0.3, 0.4) is 0 Å². The molecule has 0 fully saturated rings. The molecule has 5 nitrogen and oxygen atoms in total. The van der Waals surface area contributed by atoms with Crippen molar-refractivity contribution in [1.29, 1.82) is 0 Å². The Kier molecular flexibility index (Phi) is 4.30. The molecule has 1 aromatic heterocycles. The van der Waals surface area contributed by atoms with E-state index < -0.39 is 6.10 Å². The molecule has 1 atom stereocenters. The van der Waals surface area contributed by atoms with E-state index in [0.717, 1.165) is 5.56 Å². The van der Waals surface area contributed by atoms with Gasteiger partial charge < -0.3 is 14.8 Å². The summed E-state index contributed by atoms with van der Waals surface area (Å²) in [5.41, 5.74) is 1.55. The van der Waals surface area contributed by atoms with Gasteiger partial charge in [0.2, 0.25) is 5.91 Å². The summed E-state index contributed by atoms with van der Waals surface area (Å²) >= 11 is 0. The second-order valence-corrected chi connectivity index (χ2v) is 4.38. The summed E-state index contributed by atoms with van der Waals surface area (Å²) in [5.74, 6) is 0.538. The topological polar surface area (TPSA) is 75.4 Å². The Morgan fingerprint density at radius 1 is 1.53 bits per heavy atom. The van der Waals surface area contributed by atoms with Gasteiger partial charge in [-0.1, -0.05) is 12.1 Å². The highest BCUT2D eigenvalue weighted by atomic mass is 16.3. The standard InChI is InChI=1S/C14H16N2O3/c1-10(17)5-6-14(18)16-12-4-2-3-11(7-12)13-8-15-9-19-13/h2-4,7-10,17H,5-6H2,1H3,(H,16,18). The van der Waals surface area contributed by atoms with Crippen molar-refractivity contribution >= 4 is 11.6 Å². The number of carbonyl (C=O) groups excluding carboxylic acids is 1. The zero-order chi connectivity index (χ0) is 13.7. The highest BCUT2D eigenvalue weighted by molar-refractivity contribution is 5.91. The summed E-state index contributed by atoms with van der Waals surface area (Å²) in [4.78, 5) is 15.5. The molecule has 2 N–H and O–H groups in total. The molecule has 0 saturated carbocycles. The molecule has 19 heavy (non-hydrogen) atoms. The van der Waals surface area contributed by atoms with E-state index in [-0.39, 0.29) is 5.91 Å². The van der Waals surface area contributed by atoms with Gasteiger partial charge in [-0.3, -0.25) is 4.79 Å². The lowest BCUT2D eigenvalue weighted by Gasteiger charge is -2.07. The van der Waals surface area contributed by atoms with Crippen LogP contribution in [0, 0.1) is 0 Å². The second kappa shape index (κ2) is 6.15. The van der Waals surface area contributed by atoms with E-state index in [0.29, 0.717) is 24.3 Å². The van der Waals surface area contributed by atoms with Crippen molar-refractivity contribution in [2.45, 2.75) is 25.9 Å². The maximum absolute atomic E-state index is 11.7. The quantitative estimate of drug-likeness (QED) is 0.865. The average Bonchev–Trinajstić information content (AvgIpc) is 2.90. The van der Waals surface area contributed by atoms with E-state index in [9.17, 15) is 4.79 Å².